The molecule has 1 aromatic carbocycles. The van der Waals surface area contributed by atoms with Crippen LogP contribution < -0.4 is 14.8 Å². The summed E-state index contributed by atoms with van der Waals surface area (Å²) in [4.78, 5) is 4.08. The maximum atomic E-state index is 5.86. The zero-order valence-corrected chi connectivity index (χ0v) is 13.0. The standard InChI is InChI=1S/C17H22N2O3/c1-20-9-8-19-11-14-5-6-16(21-2)17(10-14)22-13-15-4-3-7-18-12-15/h3-7,10,12,19H,8-9,11,13H2,1-2H3. The second-order valence-corrected chi connectivity index (χ2v) is 4.80. The van der Waals surface area contributed by atoms with Crippen LogP contribution in [0.25, 0.3) is 0 Å². The number of pyridine rings is 1. The SMILES string of the molecule is COCCNCc1ccc(OC)c(OCc2cccnc2)c1. The van der Waals surface area contributed by atoms with E-state index in [0.717, 1.165) is 35.7 Å². The van der Waals surface area contributed by atoms with Gasteiger partial charge in [-0.3, -0.25) is 4.98 Å². The van der Waals surface area contributed by atoms with Crippen LogP contribution in [-0.4, -0.2) is 32.4 Å². The van der Waals surface area contributed by atoms with E-state index in [4.69, 9.17) is 14.2 Å². The highest BCUT2D eigenvalue weighted by molar-refractivity contribution is 5.43. The van der Waals surface area contributed by atoms with E-state index in [1.54, 1.807) is 26.6 Å². The zero-order valence-electron chi connectivity index (χ0n) is 13.0. The molecule has 0 amide bonds. The normalized spacial score (nSPS) is 10.5. The number of nitrogens with one attached hydrogen (secondary N) is 1. The summed E-state index contributed by atoms with van der Waals surface area (Å²) in [6, 6.07) is 9.82. The van der Waals surface area contributed by atoms with Crippen LogP contribution in [0.15, 0.2) is 42.7 Å². The maximum absolute atomic E-state index is 5.86. The topological polar surface area (TPSA) is 52.6 Å². The average Bonchev–Trinajstić information content (AvgIpc) is 2.58. The lowest BCUT2D eigenvalue weighted by Crippen LogP contribution is -2.18. The van der Waals surface area contributed by atoms with Crippen LogP contribution in [0.1, 0.15) is 11.1 Å². The minimum atomic E-state index is 0.463. The number of ether oxygens (including phenoxy) is 3. The molecule has 118 valence electrons. The lowest BCUT2D eigenvalue weighted by atomic mass is 10.2. The van der Waals surface area contributed by atoms with Gasteiger partial charge in [-0.1, -0.05) is 12.1 Å². The van der Waals surface area contributed by atoms with Gasteiger partial charge in [0.05, 0.1) is 13.7 Å². The lowest BCUT2D eigenvalue weighted by molar-refractivity contribution is 0.199. The molecular weight excluding hydrogens is 280 g/mol. The molecule has 0 fully saturated rings. The molecule has 0 unspecified atom stereocenters. The molecule has 2 aromatic rings. The van der Waals surface area contributed by atoms with Gasteiger partial charge >= 0.3 is 0 Å². The van der Waals surface area contributed by atoms with Gasteiger partial charge in [0.1, 0.15) is 6.61 Å². The van der Waals surface area contributed by atoms with Crippen LogP contribution in [-0.2, 0) is 17.9 Å². The van der Waals surface area contributed by atoms with Gasteiger partial charge in [-0.25, -0.2) is 0 Å². The van der Waals surface area contributed by atoms with E-state index >= 15 is 0 Å². The molecule has 5 heteroatoms. The molecule has 1 heterocycles. The number of nitrogens with zero attached hydrogens (tertiary/aromatic N) is 1. The van der Waals surface area contributed by atoms with Crippen molar-refractivity contribution < 1.29 is 14.2 Å². The quantitative estimate of drug-likeness (QED) is 0.721. The molecule has 0 aliphatic rings. The fourth-order valence-electron chi connectivity index (χ4n) is 2.00. The Morgan fingerprint density at radius 3 is 2.73 bits per heavy atom. The van der Waals surface area contributed by atoms with E-state index in [-0.39, 0.29) is 0 Å². The molecule has 2 rings (SSSR count). The first-order valence-corrected chi connectivity index (χ1v) is 7.21. The molecule has 0 aliphatic carbocycles. The first-order chi connectivity index (χ1) is 10.8. The Morgan fingerprint density at radius 1 is 1.09 bits per heavy atom. The third-order valence-electron chi connectivity index (χ3n) is 3.16. The summed E-state index contributed by atoms with van der Waals surface area (Å²) in [5, 5.41) is 3.31. The second kappa shape index (κ2) is 9.02. The zero-order chi connectivity index (χ0) is 15.6. The van der Waals surface area contributed by atoms with Crippen molar-refractivity contribution in [2.75, 3.05) is 27.4 Å². The maximum Gasteiger partial charge on any atom is 0.161 e. The fourth-order valence-corrected chi connectivity index (χ4v) is 2.00. The molecule has 22 heavy (non-hydrogen) atoms. The predicted molar refractivity (Wildman–Crippen MR) is 85.1 cm³/mol. The van der Waals surface area contributed by atoms with Gasteiger partial charge in [0.15, 0.2) is 11.5 Å². The van der Waals surface area contributed by atoms with Crippen molar-refractivity contribution in [2.24, 2.45) is 0 Å². The van der Waals surface area contributed by atoms with Crippen molar-refractivity contribution in [3.8, 4) is 11.5 Å². The Hall–Kier alpha value is -2.11. The molecule has 0 bridgehead atoms. The summed E-state index contributed by atoms with van der Waals surface area (Å²) in [5.74, 6) is 1.46. The Kier molecular flexibility index (Phi) is 6.67. The first kappa shape index (κ1) is 16.3. The number of rotatable bonds is 9. The third kappa shape index (κ3) is 5.02. The minimum Gasteiger partial charge on any atom is -0.493 e. The van der Waals surface area contributed by atoms with Crippen LogP contribution in [0.2, 0.25) is 0 Å². The molecule has 5 nitrogen and oxygen atoms in total. The molecule has 0 aliphatic heterocycles. The van der Waals surface area contributed by atoms with Crippen LogP contribution >= 0.6 is 0 Å². The Labute approximate surface area is 131 Å². The van der Waals surface area contributed by atoms with Crippen molar-refractivity contribution in [3.63, 3.8) is 0 Å². The molecule has 0 saturated carbocycles. The van der Waals surface area contributed by atoms with Gasteiger partial charge in [0.2, 0.25) is 0 Å². The molecule has 1 N–H and O–H groups in total. The van der Waals surface area contributed by atoms with E-state index in [1.807, 2.05) is 30.3 Å². The largest absolute Gasteiger partial charge is 0.493 e. The summed E-state index contributed by atoms with van der Waals surface area (Å²) in [7, 11) is 3.34. The number of hydrogen-bond donors (Lipinski definition) is 1. The number of hydrogen-bond acceptors (Lipinski definition) is 5. The van der Waals surface area contributed by atoms with E-state index in [1.165, 1.54) is 0 Å². The molecule has 0 saturated heterocycles. The van der Waals surface area contributed by atoms with E-state index in [0.29, 0.717) is 13.2 Å². The van der Waals surface area contributed by atoms with E-state index < -0.39 is 0 Å². The molecule has 1 aromatic heterocycles. The van der Waals surface area contributed by atoms with Gasteiger partial charge in [-0.05, 0) is 23.8 Å². The highest BCUT2D eigenvalue weighted by atomic mass is 16.5. The van der Waals surface area contributed by atoms with Gasteiger partial charge < -0.3 is 19.5 Å². The van der Waals surface area contributed by atoms with Crippen LogP contribution in [0.5, 0.6) is 11.5 Å². The predicted octanol–water partition coefficient (Wildman–Crippen LogP) is 2.41. The van der Waals surface area contributed by atoms with Gasteiger partial charge in [-0.2, -0.15) is 0 Å². The van der Waals surface area contributed by atoms with Gasteiger partial charge in [0, 0.05) is 38.2 Å². The van der Waals surface area contributed by atoms with Crippen molar-refractivity contribution in [1.29, 1.82) is 0 Å². The van der Waals surface area contributed by atoms with Crippen molar-refractivity contribution in [2.45, 2.75) is 13.2 Å². The molecule has 0 atom stereocenters. The fraction of sp³-hybridized carbons (Fsp3) is 0.353. The van der Waals surface area contributed by atoms with E-state index in [2.05, 4.69) is 10.3 Å². The van der Waals surface area contributed by atoms with Crippen LogP contribution in [0.4, 0.5) is 0 Å². The average molecular weight is 302 g/mol. The van der Waals surface area contributed by atoms with E-state index in [9.17, 15) is 0 Å². The smallest absolute Gasteiger partial charge is 0.161 e. The molecule has 0 radical (unpaired) electrons. The summed E-state index contributed by atoms with van der Waals surface area (Å²) < 4.78 is 16.2. The van der Waals surface area contributed by atoms with Crippen molar-refractivity contribution in [3.05, 3.63) is 53.9 Å². The number of methoxy groups -OCH3 is 2. The molecular formula is C17H22N2O3. The number of benzene rings is 1. The summed E-state index contributed by atoms with van der Waals surface area (Å²) in [6.45, 7) is 2.73. The third-order valence-corrected chi connectivity index (χ3v) is 3.16. The van der Waals surface area contributed by atoms with Gasteiger partial charge in [-0.15, -0.1) is 0 Å². The summed E-state index contributed by atoms with van der Waals surface area (Å²) in [6.07, 6.45) is 3.54. The Bertz CT molecular complexity index is 561. The van der Waals surface area contributed by atoms with Crippen LogP contribution in [0, 0.1) is 0 Å². The van der Waals surface area contributed by atoms with Crippen molar-refractivity contribution >= 4 is 0 Å². The van der Waals surface area contributed by atoms with Crippen LogP contribution in [0.3, 0.4) is 0 Å². The minimum absolute atomic E-state index is 0.463. The monoisotopic (exact) mass is 302 g/mol. The van der Waals surface area contributed by atoms with Crippen molar-refractivity contribution in [1.82, 2.24) is 10.3 Å². The first-order valence-electron chi connectivity index (χ1n) is 7.21. The van der Waals surface area contributed by atoms with Gasteiger partial charge in [0.25, 0.3) is 0 Å². The second-order valence-electron chi connectivity index (χ2n) is 4.80. The summed E-state index contributed by atoms with van der Waals surface area (Å²) >= 11 is 0. The number of aromatic nitrogens is 1. The summed E-state index contributed by atoms with van der Waals surface area (Å²) in [5.41, 5.74) is 2.16. The highest BCUT2D eigenvalue weighted by Crippen LogP contribution is 2.28. The highest BCUT2D eigenvalue weighted by Gasteiger charge is 2.06. The Morgan fingerprint density at radius 2 is 2.00 bits per heavy atom. The Balaban J connectivity index is 1.98. The molecule has 0 spiro atoms. The lowest BCUT2D eigenvalue weighted by Gasteiger charge is -2.13.